The maximum absolute atomic E-state index is 11.4. The topological polar surface area (TPSA) is 17.1 Å². The largest absolute Gasteiger partial charge is 0.299 e. The zero-order valence-electron chi connectivity index (χ0n) is 8.30. The molecule has 0 amide bonds. The van der Waals surface area contributed by atoms with Crippen LogP contribution >= 0.6 is 0 Å². The van der Waals surface area contributed by atoms with Gasteiger partial charge in [0, 0.05) is 12.3 Å². The van der Waals surface area contributed by atoms with Crippen LogP contribution in [-0.4, -0.2) is 5.78 Å². The van der Waals surface area contributed by atoms with Crippen molar-refractivity contribution in [3.05, 3.63) is 6.42 Å². The molecule has 2 rings (SSSR count). The zero-order chi connectivity index (χ0) is 9.10. The smallest absolute Gasteiger partial charge is 0.136 e. The minimum atomic E-state index is 0.336. The molecule has 1 unspecified atom stereocenters. The van der Waals surface area contributed by atoms with Gasteiger partial charge in [-0.25, -0.2) is 0 Å². The van der Waals surface area contributed by atoms with Crippen LogP contribution < -0.4 is 0 Å². The van der Waals surface area contributed by atoms with Crippen molar-refractivity contribution in [2.75, 3.05) is 0 Å². The molecule has 0 N–H and O–H groups in total. The zero-order valence-corrected chi connectivity index (χ0v) is 8.30. The summed E-state index contributed by atoms with van der Waals surface area (Å²) in [5.74, 6) is 1.61. The average molecular weight is 179 g/mol. The number of Topliss-reactive ketones (excluding diaryl/α,β-unsaturated/α-hetero) is 1. The Bertz CT molecular complexity index is 180. The summed E-state index contributed by atoms with van der Waals surface area (Å²) in [6.45, 7) is 0. The minimum Gasteiger partial charge on any atom is -0.299 e. The van der Waals surface area contributed by atoms with E-state index in [4.69, 9.17) is 0 Å². The highest BCUT2D eigenvalue weighted by atomic mass is 16.1. The maximum atomic E-state index is 11.4. The van der Waals surface area contributed by atoms with Crippen LogP contribution in [0.5, 0.6) is 0 Å². The Hall–Kier alpha value is -0.330. The highest BCUT2D eigenvalue weighted by Gasteiger charge is 2.27. The summed E-state index contributed by atoms with van der Waals surface area (Å²) in [7, 11) is 0. The first-order valence-electron chi connectivity index (χ1n) is 5.74. The van der Waals surface area contributed by atoms with Crippen molar-refractivity contribution in [3.8, 4) is 0 Å². The van der Waals surface area contributed by atoms with Gasteiger partial charge in [0.05, 0.1) is 0 Å². The quantitative estimate of drug-likeness (QED) is 0.636. The molecule has 1 heteroatoms. The van der Waals surface area contributed by atoms with Crippen LogP contribution in [0.1, 0.15) is 51.4 Å². The summed E-state index contributed by atoms with van der Waals surface area (Å²) in [5, 5.41) is 0. The first-order valence-corrected chi connectivity index (χ1v) is 5.74. The maximum Gasteiger partial charge on any atom is 0.136 e. The fourth-order valence-corrected chi connectivity index (χ4v) is 2.70. The second-order valence-corrected chi connectivity index (χ2v) is 4.56. The third-order valence-corrected chi connectivity index (χ3v) is 3.51. The molecule has 0 saturated heterocycles. The second-order valence-electron chi connectivity index (χ2n) is 4.56. The summed E-state index contributed by atoms with van der Waals surface area (Å²) in [4.78, 5) is 11.4. The van der Waals surface area contributed by atoms with Gasteiger partial charge in [-0.2, -0.15) is 0 Å². The number of rotatable bonds is 2. The van der Waals surface area contributed by atoms with Crippen molar-refractivity contribution in [3.63, 3.8) is 0 Å². The molecule has 1 radical (unpaired) electrons. The van der Waals surface area contributed by atoms with Gasteiger partial charge in [-0.3, -0.25) is 4.79 Å². The molecule has 1 nitrogen and oxygen atoms in total. The monoisotopic (exact) mass is 179 g/mol. The molecule has 2 aliphatic carbocycles. The van der Waals surface area contributed by atoms with Gasteiger partial charge < -0.3 is 0 Å². The molecular formula is C12H19O. The van der Waals surface area contributed by atoms with Crippen LogP contribution in [0.25, 0.3) is 0 Å². The summed E-state index contributed by atoms with van der Waals surface area (Å²) in [5.41, 5.74) is 0. The molecule has 0 heterocycles. The molecule has 1 atom stereocenters. The van der Waals surface area contributed by atoms with Crippen molar-refractivity contribution < 1.29 is 4.79 Å². The molecular weight excluding hydrogens is 160 g/mol. The van der Waals surface area contributed by atoms with Gasteiger partial charge >= 0.3 is 0 Å². The molecule has 13 heavy (non-hydrogen) atoms. The lowest BCUT2D eigenvalue weighted by atomic mass is 9.82. The summed E-state index contributed by atoms with van der Waals surface area (Å²) in [6.07, 6.45) is 12.3. The van der Waals surface area contributed by atoms with Crippen LogP contribution in [0.3, 0.4) is 0 Å². The Morgan fingerprint density at radius 1 is 1.00 bits per heavy atom. The minimum absolute atomic E-state index is 0.336. The Kier molecular flexibility index (Phi) is 3.02. The van der Waals surface area contributed by atoms with E-state index in [0.29, 0.717) is 11.7 Å². The van der Waals surface area contributed by atoms with E-state index in [1.165, 1.54) is 32.1 Å². The summed E-state index contributed by atoms with van der Waals surface area (Å²) < 4.78 is 0. The lowest BCUT2D eigenvalue weighted by Crippen LogP contribution is -2.16. The molecule has 0 aromatic carbocycles. The van der Waals surface area contributed by atoms with E-state index in [9.17, 15) is 4.79 Å². The van der Waals surface area contributed by atoms with E-state index >= 15 is 0 Å². The predicted octanol–water partition coefficient (Wildman–Crippen LogP) is 3.14. The summed E-state index contributed by atoms with van der Waals surface area (Å²) in [6, 6.07) is 0. The molecule has 0 bridgehead atoms. The summed E-state index contributed by atoms with van der Waals surface area (Å²) >= 11 is 0. The number of carbonyl (C=O) groups excluding carboxylic acids is 1. The molecule has 2 fully saturated rings. The Morgan fingerprint density at radius 2 is 1.77 bits per heavy atom. The fraction of sp³-hybridized carbons (Fsp3) is 0.833. The van der Waals surface area contributed by atoms with Crippen molar-refractivity contribution in [2.24, 2.45) is 11.8 Å². The Balaban J connectivity index is 1.79. The van der Waals surface area contributed by atoms with Gasteiger partial charge in [0.25, 0.3) is 0 Å². The van der Waals surface area contributed by atoms with Gasteiger partial charge in [-0.1, -0.05) is 32.1 Å². The van der Waals surface area contributed by atoms with Crippen LogP contribution in [0, 0.1) is 18.3 Å². The number of hydrogen-bond acceptors (Lipinski definition) is 1. The molecule has 2 saturated carbocycles. The van der Waals surface area contributed by atoms with E-state index in [2.05, 4.69) is 6.42 Å². The molecule has 0 spiro atoms. The fourth-order valence-electron chi connectivity index (χ4n) is 2.70. The number of ketones is 1. The first-order chi connectivity index (χ1) is 6.36. The molecule has 0 aliphatic heterocycles. The normalized spacial score (nSPS) is 31.1. The molecule has 0 aromatic heterocycles. The van der Waals surface area contributed by atoms with E-state index in [1.807, 2.05) is 0 Å². The van der Waals surface area contributed by atoms with Crippen LogP contribution in [0.15, 0.2) is 0 Å². The van der Waals surface area contributed by atoms with E-state index in [1.54, 1.807) is 0 Å². The molecule has 73 valence electrons. The lowest BCUT2D eigenvalue weighted by molar-refractivity contribution is -0.120. The van der Waals surface area contributed by atoms with Crippen molar-refractivity contribution in [1.82, 2.24) is 0 Å². The average Bonchev–Trinajstić information content (AvgIpc) is 2.54. The highest BCUT2D eigenvalue weighted by molar-refractivity contribution is 5.84. The molecule has 0 aromatic rings. The van der Waals surface area contributed by atoms with Gasteiger partial charge in [0.15, 0.2) is 0 Å². The lowest BCUT2D eigenvalue weighted by Gasteiger charge is -2.23. The predicted molar refractivity (Wildman–Crippen MR) is 53.2 cm³/mol. The second kappa shape index (κ2) is 4.26. The van der Waals surface area contributed by atoms with E-state index in [-0.39, 0.29) is 0 Å². The van der Waals surface area contributed by atoms with Gasteiger partial charge in [-0.05, 0) is 25.2 Å². The van der Waals surface area contributed by atoms with Gasteiger partial charge in [0.1, 0.15) is 5.78 Å². The number of carbonyl (C=O) groups is 1. The van der Waals surface area contributed by atoms with Crippen LogP contribution in [0.4, 0.5) is 0 Å². The Morgan fingerprint density at radius 3 is 2.38 bits per heavy atom. The van der Waals surface area contributed by atoms with Crippen LogP contribution in [0.2, 0.25) is 0 Å². The SMILES string of the molecule is O=C1CCCC1[CH]C1CCCCC1. The third-order valence-electron chi connectivity index (χ3n) is 3.51. The standard InChI is InChI=1S/C12H19O/c13-12-8-4-7-11(12)9-10-5-2-1-3-6-10/h9-11H,1-8H2. The van der Waals surface area contributed by atoms with Crippen LogP contribution in [-0.2, 0) is 4.79 Å². The van der Waals surface area contributed by atoms with Crippen molar-refractivity contribution in [1.29, 1.82) is 0 Å². The number of hydrogen-bond donors (Lipinski definition) is 0. The Labute approximate surface area is 80.9 Å². The van der Waals surface area contributed by atoms with Gasteiger partial charge in [0.2, 0.25) is 0 Å². The molecule has 2 aliphatic rings. The van der Waals surface area contributed by atoms with Crippen molar-refractivity contribution in [2.45, 2.75) is 51.4 Å². The van der Waals surface area contributed by atoms with Gasteiger partial charge in [-0.15, -0.1) is 0 Å². The third kappa shape index (κ3) is 2.32. The van der Waals surface area contributed by atoms with Crippen molar-refractivity contribution >= 4 is 5.78 Å². The van der Waals surface area contributed by atoms with E-state index < -0.39 is 0 Å². The highest BCUT2D eigenvalue weighted by Crippen LogP contribution is 2.33. The first kappa shape index (κ1) is 9.23. The van der Waals surface area contributed by atoms with E-state index in [0.717, 1.165) is 25.2 Å².